The minimum absolute atomic E-state index is 0.0994. The Morgan fingerprint density at radius 2 is 2.50 bits per heavy atom. The molecule has 0 aliphatic carbocycles. The Bertz CT molecular complexity index is 431. The van der Waals surface area contributed by atoms with Gasteiger partial charge in [0.1, 0.15) is 11.4 Å². The molecule has 98 valence electrons. The van der Waals surface area contributed by atoms with E-state index in [-0.39, 0.29) is 11.7 Å². The first-order chi connectivity index (χ1) is 8.66. The van der Waals surface area contributed by atoms with Crippen LogP contribution < -0.4 is 11.1 Å². The minimum atomic E-state index is -1.03. The Kier molecular flexibility index (Phi) is 3.99. The molecule has 1 aliphatic rings. The van der Waals surface area contributed by atoms with E-state index in [1.54, 1.807) is 0 Å². The van der Waals surface area contributed by atoms with E-state index in [4.69, 9.17) is 15.6 Å². The van der Waals surface area contributed by atoms with E-state index in [1.165, 1.54) is 12.3 Å². The van der Waals surface area contributed by atoms with E-state index in [0.29, 0.717) is 18.1 Å². The van der Waals surface area contributed by atoms with Crippen molar-refractivity contribution in [2.75, 3.05) is 24.2 Å². The van der Waals surface area contributed by atoms with Gasteiger partial charge in [-0.3, -0.25) is 0 Å². The third kappa shape index (κ3) is 3.10. The van der Waals surface area contributed by atoms with Crippen molar-refractivity contribution in [1.29, 1.82) is 0 Å². The predicted octanol–water partition coefficient (Wildman–Crippen LogP) is 1.34. The number of nitrogens with one attached hydrogen (secondary N) is 1. The van der Waals surface area contributed by atoms with Crippen molar-refractivity contribution in [2.24, 2.45) is 0 Å². The highest BCUT2D eigenvalue weighted by Crippen LogP contribution is 2.18. The lowest BCUT2D eigenvalue weighted by molar-refractivity contribution is 0.0697. The first-order valence-corrected chi connectivity index (χ1v) is 6.01. The monoisotopic (exact) mass is 251 g/mol. The Labute approximate surface area is 105 Å². The molecule has 4 N–H and O–H groups in total. The van der Waals surface area contributed by atoms with Gasteiger partial charge in [-0.1, -0.05) is 0 Å². The van der Waals surface area contributed by atoms with Gasteiger partial charge in [-0.05, 0) is 25.3 Å². The largest absolute Gasteiger partial charge is 0.478 e. The Morgan fingerprint density at radius 3 is 3.17 bits per heavy atom. The Balaban J connectivity index is 1.93. The smallest absolute Gasteiger partial charge is 0.339 e. The van der Waals surface area contributed by atoms with Gasteiger partial charge in [0.2, 0.25) is 0 Å². The van der Waals surface area contributed by atoms with Gasteiger partial charge >= 0.3 is 5.97 Å². The normalized spacial score (nSPS) is 18.8. The number of nitrogens with zero attached hydrogens (tertiary/aromatic N) is 1. The summed E-state index contributed by atoms with van der Waals surface area (Å²) in [4.78, 5) is 15.0. The molecular weight excluding hydrogens is 234 g/mol. The molecule has 0 radical (unpaired) electrons. The van der Waals surface area contributed by atoms with E-state index < -0.39 is 5.97 Å². The second kappa shape index (κ2) is 5.68. The van der Waals surface area contributed by atoms with Crippen LogP contribution in [0.1, 0.15) is 29.6 Å². The summed E-state index contributed by atoms with van der Waals surface area (Å²) >= 11 is 0. The Morgan fingerprint density at radius 1 is 1.67 bits per heavy atom. The summed E-state index contributed by atoms with van der Waals surface area (Å²) in [6.07, 6.45) is 4.75. The zero-order valence-corrected chi connectivity index (χ0v) is 10.1. The molecule has 0 amide bonds. The second-order valence-corrected chi connectivity index (χ2v) is 4.32. The number of carboxylic acid groups (broad SMARTS) is 1. The van der Waals surface area contributed by atoms with Crippen LogP contribution in [0.4, 0.5) is 11.5 Å². The van der Waals surface area contributed by atoms with Crippen LogP contribution in [0.15, 0.2) is 12.3 Å². The van der Waals surface area contributed by atoms with Crippen LogP contribution in [0, 0.1) is 0 Å². The van der Waals surface area contributed by atoms with E-state index >= 15 is 0 Å². The van der Waals surface area contributed by atoms with Gasteiger partial charge in [0.05, 0.1) is 18.0 Å². The molecule has 0 saturated carbocycles. The number of nitrogen functional groups attached to an aromatic ring is 1. The SMILES string of the molecule is Nc1cnc(NCCC2CCCO2)c(C(=O)O)c1. The highest BCUT2D eigenvalue weighted by molar-refractivity contribution is 5.94. The predicted molar refractivity (Wildman–Crippen MR) is 67.7 cm³/mol. The molecule has 0 bridgehead atoms. The van der Waals surface area contributed by atoms with Gasteiger partial charge in [0.15, 0.2) is 0 Å². The average Bonchev–Trinajstić information content (AvgIpc) is 2.84. The van der Waals surface area contributed by atoms with Crippen molar-refractivity contribution in [3.8, 4) is 0 Å². The fourth-order valence-electron chi connectivity index (χ4n) is 2.01. The number of pyridine rings is 1. The molecule has 1 saturated heterocycles. The standard InChI is InChI=1S/C12H17N3O3/c13-8-6-10(12(16)17)11(15-7-8)14-4-3-9-2-1-5-18-9/h6-7,9H,1-5,13H2,(H,14,15)(H,16,17). The lowest BCUT2D eigenvalue weighted by atomic mass is 10.2. The molecule has 1 aromatic heterocycles. The maximum absolute atomic E-state index is 11.0. The van der Waals surface area contributed by atoms with Crippen LogP contribution in [0.3, 0.4) is 0 Å². The molecule has 1 aromatic rings. The molecule has 1 aliphatic heterocycles. The van der Waals surface area contributed by atoms with Gasteiger partial charge < -0.3 is 20.9 Å². The second-order valence-electron chi connectivity index (χ2n) is 4.32. The number of hydrogen-bond donors (Lipinski definition) is 3. The molecule has 0 aromatic carbocycles. The third-order valence-electron chi connectivity index (χ3n) is 2.92. The number of carbonyl (C=O) groups is 1. The molecule has 6 nitrogen and oxygen atoms in total. The van der Waals surface area contributed by atoms with E-state index in [9.17, 15) is 4.79 Å². The summed E-state index contributed by atoms with van der Waals surface area (Å²) in [5.74, 6) is -0.677. The van der Waals surface area contributed by atoms with Crippen LogP contribution in [0.25, 0.3) is 0 Å². The van der Waals surface area contributed by atoms with E-state index in [0.717, 1.165) is 25.9 Å². The van der Waals surface area contributed by atoms with Gasteiger partial charge in [0.25, 0.3) is 0 Å². The lowest BCUT2D eigenvalue weighted by Crippen LogP contribution is -2.15. The molecule has 1 atom stereocenters. The number of ether oxygens (including phenoxy) is 1. The fourth-order valence-corrected chi connectivity index (χ4v) is 2.01. The fraction of sp³-hybridized carbons (Fsp3) is 0.500. The van der Waals surface area contributed by atoms with Gasteiger partial charge in [-0.2, -0.15) is 0 Å². The summed E-state index contributed by atoms with van der Waals surface area (Å²) in [5.41, 5.74) is 5.96. The molecule has 2 rings (SSSR count). The summed E-state index contributed by atoms with van der Waals surface area (Å²) in [6.45, 7) is 1.47. The summed E-state index contributed by atoms with van der Waals surface area (Å²) in [5, 5.41) is 12.1. The first-order valence-electron chi connectivity index (χ1n) is 6.01. The average molecular weight is 251 g/mol. The number of carboxylic acids is 1. The van der Waals surface area contributed by atoms with Crippen LogP contribution in [0.2, 0.25) is 0 Å². The molecular formula is C12H17N3O3. The summed E-state index contributed by atoms with van der Waals surface area (Å²) in [7, 11) is 0. The number of anilines is 2. The van der Waals surface area contributed by atoms with Crippen molar-refractivity contribution in [3.05, 3.63) is 17.8 Å². The van der Waals surface area contributed by atoms with Crippen molar-refractivity contribution in [3.63, 3.8) is 0 Å². The highest BCUT2D eigenvalue weighted by atomic mass is 16.5. The maximum Gasteiger partial charge on any atom is 0.339 e. The minimum Gasteiger partial charge on any atom is -0.478 e. The van der Waals surface area contributed by atoms with Crippen molar-refractivity contribution in [1.82, 2.24) is 4.98 Å². The molecule has 6 heteroatoms. The number of aromatic carboxylic acids is 1. The van der Waals surface area contributed by atoms with Crippen molar-refractivity contribution < 1.29 is 14.6 Å². The van der Waals surface area contributed by atoms with Crippen molar-refractivity contribution in [2.45, 2.75) is 25.4 Å². The topological polar surface area (TPSA) is 97.5 Å². The summed E-state index contributed by atoms with van der Waals surface area (Å²) < 4.78 is 5.49. The zero-order chi connectivity index (χ0) is 13.0. The number of rotatable bonds is 5. The molecule has 1 unspecified atom stereocenters. The highest BCUT2D eigenvalue weighted by Gasteiger charge is 2.16. The van der Waals surface area contributed by atoms with Crippen LogP contribution >= 0.6 is 0 Å². The van der Waals surface area contributed by atoms with Crippen molar-refractivity contribution >= 4 is 17.5 Å². The van der Waals surface area contributed by atoms with E-state index in [1.807, 2.05) is 0 Å². The number of nitrogens with two attached hydrogens (primary N) is 1. The van der Waals surface area contributed by atoms with Crippen LogP contribution in [-0.4, -0.2) is 35.3 Å². The van der Waals surface area contributed by atoms with Gasteiger partial charge in [-0.15, -0.1) is 0 Å². The molecule has 18 heavy (non-hydrogen) atoms. The zero-order valence-electron chi connectivity index (χ0n) is 10.1. The van der Waals surface area contributed by atoms with E-state index in [2.05, 4.69) is 10.3 Å². The first kappa shape index (κ1) is 12.6. The molecule has 2 heterocycles. The number of hydrogen-bond acceptors (Lipinski definition) is 5. The van der Waals surface area contributed by atoms with Gasteiger partial charge in [-0.25, -0.2) is 9.78 Å². The maximum atomic E-state index is 11.0. The Hall–Kier alpha value is -1.82. The molecule has 1 fully saturated rings. The lowest BCUT2D eigenvalue weighted by Gasteiger charge is -2.12. The summed E-state index contributed by atoms with van der Waals surface area (Å²) in [6, 6.07) is 1.41. The molecule has 0 spiro atoms. The number of aromatic nitrogens is 1. The van der Waals surface area contributed by atoms with Crippen LogP contribution in [-0.2, 0) is 4.74 Å². The quantitative estimate of drug-likeness (QED) is 0.730. The van der Waals surface area contributed by atoms with Crippen LogP contribution in [0.5, 0.6) is 0 Å². The third-order valence-corrected chi connectivity index (χ3v) is 2.92. The van der Waals surface area contributed by atoms with Gasteiger partial charge in [0, 0.05) is 13.2 Å².